The smallest absolute Gasteiger partial charge is 0.264 e. The standard InChI is InChI=1S/C32H36Cl2F3N3O4SSi/c1-17(2)46(18(3)4,19(5)6)43-16-26(21-15-23(35)20(7)29(36)30(21)37)44-32-31(38-24-12-8-9-13-25(24)39-32)40-45(41,42)27-14-10-11-22(33)28(27)34/h8-15,17-19,26H,16H2,1-7H3,(H,38,40). The summed E-state index contributed by atoms with van der Waals surface area (Å²) in [6, 6.07) is 11.6. The third kappa shape index (κ3) is 7.01. The maximum atomic E-state index is 15.6. The normalized spacial score (nSPS) is 13.2. The molecule has 4 aromatic rings. The number of fused-ring (bicyclic) bond motifs is 1. The highest BCUT2D eigenvalue weighted by Gasteiger charge is 2.46. The van der Waals surface area contributed by atoms with Crippen LogP contribution in [-0.2, 0) is 14.4 Å². The summed E-state index contributed by atoms with van der Waals surface area (Å²) < 4.78 is 87.7. The van der Waals surface area contributed by atoms with Gasteiger partial charge < -0.3 is 9.16 Å². The molecule has 1 unspecified atom stereocenters. The number of aromatic nitrogens is 2. The minimum absolute atomic E-state index is 0.00910. The summed E-state index contributed by atoms with van der Waals surface area (Å²) in [4.78, 5) is 8.56. The first kappa shape index (κ1) is 35.9. The molecule has 7 nitrogen and oxygen atoms in total. The summed E-state index contributed by atoms with van der Waals surface area (Å²) in [5.41, 5.74) is 0.0362. The zero-order chi connectivity index (χ0) is 34.1. The first-order valence-corrected chi connectivity index (χ1v) is 19.1. The van der Waals surface area contributed by atoms with Gasteiger partial charge in [-0.1, -0.05) is 82.9 Å². The van der Waals surface area contributed by atoms with E-state index in [9.17, 15) is 17.2 Å². The number of benzene rings is 3. The average Bonchev–Trinajstić information content (AvgIpc) is 2.98. The molecule has 1 aromatic heterocycles. The van der Waals surface area contributed by atoms with Crippen LogP contribution in [0.3, 0.4) is 0 Å². The van der Waals surface area contributed by atoms with Gasteiger partial charge in [0.15, 0.2) is 17.7 Å². The lowest BCUT2D eigenvalue weighted by molar-refractivity contribution is 0.110. The Morgan fingerprint density at radius 1 is 0.870 bits per heavy atom. The molecule has 0 amide bonds. The lowest BCUT2D eigenvalue weighted by Gasteiger charge is -2.43. The SMILES string of the molecule is Cc1c(F)cc(C(CO[Si](C(C)C)(C(C)C)C(C)C)Oc2nc3ccccc3nc2NS(=O)(=O)c2cccc(Cl)c2Cl)c(F)c1F. The Morgan fingerprint density at radius 3 is 2.04 bits per heavy atom. The minimum atomic E-state index is -4.42. The number of nitrogens with one attached hydrogen (secondary N) is 1. The van der Waals surface area contributed by atoms with E-state index in [2.05, 4.69) is 56.2 Å². The quantitative estimate of drug-likeness (QED) is 0.116. The van der Waals surface area contributed by atoms with E-state index in [0.717, 1.165) is 13.0 Å². The number of sulfonamides is 1. The highest BCUT2D eigenvalue weighted by molar-refractivity contribution is 7.92. The molecular formula is C32H36Cl2F3N3O4SSi. The molecule has 0 radical (unpaired) electrons. The number of rotatable bonds is 12. The first-order chi connectivity index (χ1) is 21.5. The second-order valence-corrected chi connectivity index (χ2v) is 19.9. The fourth-order valence-electron chi connectivity index (χ4n) is 5.99. The van der Waals surface area contributed by atoms with Crippen molar-refractivity contribution in [1.29, 1.82) is 0 Å². The Labute approximate surface area is 278 Å². The lowest BCUT2D eigenvalue weighted by Crippen LogP contribution is -2.48. The topological polar surface area (TPSA) is 90.4 Å². The largest absolute Gasteiger partial charge is 0.464 e. The third-order valence-electron chi connectivity index (χ3n) is 8.18. The van der Waals surface area contributed by atoms with Crippen LogP contribution in [0.25, 0.3) is 11.0 Å². The summed E-state index contributed by atoms with van der Waals surface area (Å²) in [6.07, 6.45) is -1.46. The van der Waals surface area contributed by atoms with Crippen molar-refractivity contribution in [1.82, 2.24) is 9.97 Å². The number of ether oxygens (including phenoxy) is 1. The Hall–Kier alpha value is -2.90. The number of halogens is 5. The van der Waals surface area contributed by atoms with Crippen molar-refractivity contribution >= 4 is 58.4 Å². The Balaban J connectivity index is 1.89. The molecule has 4 rings (SSSR count). The van der Waals surface area contributed by atoms with Crippen LogP contribution in [0, 0.1) is 24.4 Å². The third-order valence-corrected chi connectivity index (χ3v) is 16.6. The maximum absolute atomic E-state index is 15.6. The Morgan fingerprint density at radius 2 is 1.46 bits per heavy atom. The predicted octanol–water partition coefficient (Wildman–Crippen LogP) is 9.78. The van der Waals surface area contributed by atoms with Gasteiger partial charge in [-0.15, -0.1) is 0 Å². The summed E-state index contributed by atoms with van der Waals surface area (Å²) in [7, 11) is -7.03. The fourth-order valence-corrected chi connectivity index (χ4v) is 13.2. The molecule has 1 heterocycles. The van der Waals surface area contributed by atoms with Gasteiger partial charge in [-0.25, -0.2) is 31.6 Å². The van der Waals surface area contributed by atoms with Gasteiger partial charge in [-0.05, 0) is 53.9 Å². The first-order valence-electron chi connectivity index (χ1n) is 14.7. The molecule has 248 valence electrons. The van der Waals surface area contributed by atoms with Crippen molar-refractivity contribution in [2.45, 2.75) is 76.1 Å². The van der Waals surface area contributed by atoms with E-state index in [1.807, 2.05) is 0 Å². The number of hydrogen-bond acceptors (Lipinski definition) is 6. The Bertz CT molecular complexity index is 1840. The highest BCUT2D eigenvalue weighted by atomic mass is 35.5. The van der Waals surface area contributed by atoms with Crippen molar-refractivity contribution in [2.24, 2.45) is 0 Å². The molecule has 0 saturated heterocycles. The van der Waals surface area contributed by atoms with Gasteiger partial charge in [0, 0.05) is 11.1 Å². The van der Waals surface area contributed by atoms with Gasteiger partial charge in [0.05, 0.1) is 27.7 Å². The monoisotopic (exact) mass is 713 g/mol. The zero-order valence-corrected chi connectivity index (χ0v) is 29.8. The van der Waals surface area contributed by atoms with Gasteiger partial charge in [-0.2, -0.15) is 0 Å². The van der Waals surface area contributed by atoms with E-state index in [4.69, 9.17) is 32.4 Å². The number of para-hydroxylation sites is 2. The van der Waals surface area contributed by atoms with Crippen LogP contribution in [-0.4, -0.2) is 33.3 Å². The van der Waals surface area contributed by atoms with Crippen molar-refractivity contribution in [3.63, 3.8) is 0 Å². The van der Waals surface area contributed by atoms with E-state index in [-0.39, 0.29) is 49.9 Å². The van der Waals surface area contributed by atoms with Crippen LogP contribution in [0.1, 0.15) is 58.8 Å². The molecule has 0 aliphatic heterocycles. The number of hydrogen-bond donors (Lipinski definition) is 1. The molecule has 0 bridgehead atoms. The van der Waals surface area contributed by atoms with Crippen LogP contribution in [0.15, 0.2) is 53.4 Å². The predicted molar refractivity (Wildman–Crippen MR) is 178 cm³/mol. The van der Waals surface area contributed by atoms with Gasteiger partial charge in [0.1, 0.15) is 10.7 Å². The van der Waals surface area contributed by atoms with Crippen molar-refractivity contribution in [3.8, 4) is 5.88 Å². The molecule has 0 aliphatic rings. The lowest BCUT2D eigenvalue weighted by atomic mass is 10.1. The molecule has 46 heavy (non-hydrogen) atoms. The van der Waals surface area contributed by atoms with Crippen LogP contribution in [0.5, 0.6) is 5.88 Å². The van der Waals surface area contributed by atoms with Crippen molar-refractivity contribution < 1.29 is 30.8 Å². The van der Waals surface area contributed by atoms with Crippen LogP contribution >= 0.6 is 23.2 Å². The summed E-state index contributed by atoms with van der Waals surface area (Å²) in [5, 5.41) is -0.209. The van der Waals surface area contributed by atoms with Crippen LogP contribution < -0.4 is 9.46 Å². The van der Waals surface area contributed by atoms with Crippen molar-refractivity contribution in [3.05, 3.63) is 87.2 Å². The van der Waals surface area contributed by atoms with Crippen LogP contribution in [0.2, 0.25) is 26.7 Å². The molecular weight excluding hydrogens is 678 g/mol. The fraction of sp³-hybridized carbons (Fsp3) is 0.375. The maximum Gasteiger partial charge on any atom is 0.264 e. The number of anilines is 1. The van der Waals surface area contributed by atoms with E-state index in [0.29, 0.717) is 11.0 Å². The Kier molecular flexibility index (Phi) is 11.0. The van der Waals surface area contributed by atoms with Gasteiger partial charge in [0.2, 0.25) is 14.1 Å². The summed E-state index contributed by atoms with van der Waals surface area (Å²) in [6.45, 7) is 13.1. The molecule has 0 fully saturated rings. The van der Waals surface area contributed by atoms with E-state index >= 15 is 4.39 Å². The molecule has 14 heteroatoms. The average molecular weight is 715 g/mol. The van der Waals surface area contributed by atoms with E-state index in [1.165, 1.54) is 18.2 Å². The molecule has 0 saturated carbocycles. The second-order valence-electron chi connectivity index (χ2n) is 12.0. The minimum Gasteiger partial charge on any atom is -0.464 e. The molecule has 0 aliphatic carbocycles. The molecule has 3 aromatic carbocycles. The molecule has 1 N–H and O–H groups in total. The zero-order valence-electron chi connectivity index (χ0n) is 26.5. The highest BCUT2D eigenvalue weighted by Crippen LogP contribution is 2.44. The van der Waals surface area contributed by atoms with Crippen LogP contribution in [0.4, 0.5) is 19.0 Å². The van der Waals surface area contributed by atoms with E-state index < -0.39 is 53.0 Å². The van der Waals surface area contributed by atoms with Gasteiger partial charge in [0.25, 0.3) is 15.9 Å². The summed E-state index contributed by atoms with van der Waals surface area (Å²) in [5.74, 6) is -4.41. The van der Waals surface area contributed by atoms with E-state index in [1.54, 1.807) is 24.3 Å². The number of nitrogens with zero attached hydrogens (tertiary/aromatic N) is 2. The molecule has 0 spiro atoms. The van der Waals surface area contributed by atoms with Gasteiger partial charge >= 0.3 is 0 Å². The second kappa shape index (κ2) is 14.1. The van der Waals surface area contributed by atoms with Crippen molar-refractivity contribution in [2.75, 3.05) is 11.3 Å². The van der Waals surface area contributed by atoms with Gasteiger partial charge in [-0.3, -0.25) is 4.72 Å². The summed E-state index contributed by atoms with van der Waals surface area (Å²) >= 11 is 12.3. The molecule has 1 atom stereocenters.